The molecule has 0 aliphatic carbocycles. The molecule has 0 spiro atoms. The number of nitrogens with zero attached hydrogens (tertiary/aromatic N) is 1. The SMILES string of the molecule is COc1cccc(CN[C@H](C)c2ccccc2)n1. The Balaban J connectivity index is 1.95. The first-order valence-corrected chi connectivity index (χ1v) is 6.08. The van der Waals surface area contributed by atoms with Crippen molar-refractivity contribution in [1.82, 2.24) is 10.3 Å². The highest BCUT2D eigenvalue weighted by Gasteiger charge is 2.04. The molecule has 1 heterocycles. The van der Waals surface area contributed by atoms with Gasteiger partial charge < -0.3 is 10.1 Å². The van der Waals surface area contributed by atoms with Crippen molar-refractivity contribution in [2.24, 2.45) is 0 Å². The number of benzene rings is 1. The summed E-state index contributed by atoms with van der Waals surface area (Å²) in [5.74, 6) is 0.654. The molecule has 3 heteroatoms. The monoisotopic (exact) mass is 242 g/mol. The minimum atomic E-state index is 0.305. The van der Waals surface area contributed by atoms with Gasteiger partial charge in [0.25, 0.3) is 0 Å². The molecule has 0 aliphatic heterocycles. The van der Waals surface area contributed by atoms with E-state index in [9.17, 15) is 0 Å². The number of methoxy groups -OCH3 is 1. The lowest BCUT2D eigenvalue weighted by Crippen LogP contribution is -2.18. The number of nitrogens with one attached hydrogen (secondary N) is 1. The van der Waals surface area contributed by atoms with E-state index in [1.165, 1.54) is 5.56 Å². The van der Waals surface area contributed by atoms with E-state index < -0.39 is 0 Å². The molecule has 0 saturated heterocycles. The largest absolute Gasteiger partial charge is 0.481 e. The molecule has 0 saturated carbocycles. The molecule has 1 N–H and O–H groups in total. The van der Waals surface area contributed by atoms with E-state index in [2.05, 4.69) is 41.5 Å². The van der Waals surface area contributed by atoms with Crippen molar-refractivity contribution in [2.45, 2.75) is 19.5 Å². The van der Waals surface area contributed by atoms with Gasteiger partial charge in [-0.15, -0.1) is 0 Å². The second-order valence-corrected chi connectivity index (χ2v) is 4.18. The molecule has 0 unspecified atom stereocenters. The molecule has 0 amide bonds. The maximum absolute atomic E-state index is 5.11. The normalized spacial score (nSPS) is 12.1. The van der Waals surface area contributed by atoms with Crippen molar-refractivity contribution >= 4 is 0 Å². The van der Waals surface area contributed by atoms with Crippen LogP contribution in [0.3, 0.4) is 0 Å². The molecule has 0 fully saturated rings. The highest BCUT2D eigenvalue weighted by Crippen LogP contribution is 2.12. The maximum Gasteiger partial charge on any atom is 0.213 e. The Kier molecular flexibility index (Phi) is 4.31. The second-order valence-electron chi connectivity index (χ2n) is 4.18. The van der Waals surface area contributed by atoms with Crippen LogP contribution in [0.5, 0.6) is 5.88 Å². The number of hydrogen-bond acceptors (Lipinski definition) is 3. The fourth-order valence-electron chi connectivity index (χ4n) is 1.79. The van der Waals surface area contributed by atoms with Crippen LogP contribution in [0.1, 0.15) is 24.2 Å². The van der Waals surface area contributed by atoms with Crippen molar-refractivity contribution in [3.8, 4) is 5.88 Å². The average Bonchev–Trinajstić information content (AvgIpc) is 2.46. The van der Waals surface area contributed by atoms with E-state index in [0.717, 1.165) is 12.2 Å². The Morgan fingerprint density at radius 3 is 2.61 bits per heavy atom. The molecule has 18 heavy (non-hydrogen) atoms. The standard InChI is InChI=1S/C15H18N2O/c1-12(13-7-4-3-5-8-13)16-11-14-9-6-10-15(17-14)18-2/h3-10,12,16H,11H2,1-2H3/t12-/m1/s1. The molecule has 94 valence electrons. The maximum atomic E-state index is 5.11. The topological polar surface area (TPSA) is 34.1 Å². The highest BCUT2D eigenvalue weighted by molar-refractivity contribution is 5.19. The Labute approximate surface area is 108 Å². The lowest BCUT2D eigenvalue weighted by molar-refractivity contribution is 0.395. The minimum absolute atomic E-state index is 0.305. The number of ether oxygens (including phenoxy) is 1. The molecule has 0 bridgehead atoms. The third-order valence-corrected chi connectivity index (χ3v) is 2.88. The van der Waals surface area contributed by atoms with E-state index in [0.29, 0.717) is 11.9 Å². The molecule has 2 aromatic rings. The van der Waals surface area contributed by atoms with Gasteiger partial charge in [0.15, 0.2) is 0 Å². The summed E-state index contributed by atoms with van der Waals surface area (Å²) < 4.78 is 5.11. The molecule has 1 atom stereocenters. The molecule has 1 aromatic heterocycles. The molecule has 0 radical (unpaired) electrons. The van der Waals surface area contributed by atoms with Crippen LogP contribution in [0, 0.1) is 0 Å². The molecular formula is C15H18N2O. The van der Waals surface area contributed by atoms with Gasteiger partial charge in [-0.2, -0.15) is 0 Å². The fourth-order valence-corrected chi connectivity index (χ4v) is 1.79. The second kappa shape index (κ2) is 6.17. The summed E-state index contributed by atoms with van der Waals surface area (Å²) >= 11 is 0. The van der Waals surface area contributed by atoms with Crippen LogP contribution in [-0.2, 0) is 6.54 Å². The van der Waals surface area contributed by atoms with Crippen molar-refractivity contribution in [1.29, 1.82) is 0 Å². The predicted molar refractivity (Wildman–Crippen MR) is 72.5 cm³/mol. The Bertz CT molecular complexity index is 485. The highest BCUT2D eigenvalue weighted by atomic mass is 16.5. The average molecular weight is 242 g/mol. The summed E-state index contributed by atoms with van der Waals surface area (Å²) in [6.07, 6.45) is 0. The van der Waals surface area contributed by atoms with E-state index in [4.69, 9.17) is 4.74 Å². The van der Waals surface area contributed by atoms with Gasteiger partial charge >= 0.3 is 0 Å². The minimum Gasteiger partial charge on any atom is -0.481 e. The van der Waals surface area contributed by atoms with Crippen LogP contribution in [0.4, 0.5) is 0 Å². The lowest BCUT2D eigenvalue weighted by Gasteiger charge is -2.14. The Morgan fingerprint density at radius 1 is 1.11 bits per heavy atom. The summed E-state index contributed by atoms with van der Waals surface area (Å²) in [6, 6.07) is 16.5. The molecule has 3 nitrogen and oxygen atoms in total. The summed E-state index contributed by atoms with van der Waals surface area (Å²) in [5.41, 5.74) is 2.26. The number of hydrogen-bond donors (Lipinski definition) is 1. The van der Waals surface area contributed by atoms with Gasteiger partial charge in [-0.25, -0.2) is 4.98 Å². The van der Waals surface area contributed by atoms with E-state index in [-0.39, 0.29) is 0 Å². The van der Waals surface area contributed by atoms with Crippen LogP contribution in [0.15, 0.2) is 48.5 Å². The zero-order valence-electron chi connectivity index (χ0n) is 10.8. The lowest BCUT2D eigenvalue weighted by atomic mass is 10.1. The van der Waals surface area contributed by atoms with E-state index in [1.807, 2.05) is 24.3 Å². The molecular weight excluding hydrogens is 224 g/mol. The molecule has 1 aromatic carbocycles. The number of pyridine rings is 1. The van der Waals surface area contributed by atoms with Gasteiger partial charge in [-0.3, -0.25) is 0 Å². The summed E-state index contributed by atoms with van der Waals surface area (Å²) in [4.78, 5) is 4.37. The van der Waals surface area contributed by atoms with Crippen LogP contribution in [0.2, 0.25) is 0 Å². The van der Waals surface area contributed by atoms with Gasteiger partial charge in [-0.05, 0) is 18.6 Å². The van der Waals surface area contributed by atoms with Crippen molar-refractivity contribution < 1.29 is 4.74 Å². The van der Waals surface area contributed by atoms with Crippen molar-refractivity contribution in [3.05, 3.63) is 59.8 Å². The fraction of sp³-hybridized carbons (Fsp3) is 0.267. The van der Waals surface area contributed by atoms with E-state index in [1.54, 1.807) is 7.11 Å². The number of aromatic nitrogens is 1. The first-order chi connectivity index (χ1) is 8.79. The Morgan fingerprint density at radius 2 is 1.89 bits per heavy atom. The van der Waals surface area contributed by atoms with Crippen molar-refractivity contribution in [3.63, 3.8) is 0 Å². The first-order valence-electron chi connectivity index (χ1n) is 6.08. The smallest absolute Gasteiger partial charge is 0.213 e. The zero-order valence-corrected chi connectivity index (χ0v) is 10.8. The van der Waals surface area contributed by atoms with Crippen LogP contribution < -0.4 is 10.1 Å². The zero-order chi connectivity index (χ0) is 12.8. The van der Waals surface area contributed by atoms with Crippen LogP contribution in [0.25, 0.3) is 0 Å². The summed E-state index contributed by atoms with van der Waals surface area (Å²) in [5, 5.41) is 3.45. The predicted octanol–water partition coefficient (Wildman–Crippen LogP) is 2.94. The van der Waals surface area contributed by atoms with Gasteiger partial charge in [-0.1, -0.05) is 36.4 Å². The number of rotatable bonds is 5. The third-order valence-electron chi connectivity index (χ3n) is 2.88. The summed E-state index contributed by atoms with van der Waals surface area (Å²) in [7, 11) is 1.63. The molecule has 2 rings (SSSR count). The van der Waals surface area contributed by atoms with Crippen LogP contribution >= 0.6 is 0 Å². The van der Waals surface area contributed by atoms with Gasteiger partial charge in [0.05, 0.1) is 12.8 Å². The van der Waals surface area contributed by atoms with Gasteiger partial charge in [0.1, 0.15) is 0 Å². The van der Waals surface area contributed by atoms with Crippen LogP contribution in [-0.4, -0.2) is 12.1 Å². The van der Waals surface area contributed by atoms with E-state index >= 15 is 0 Å². The van der Waals surface area contributed by atoms with Crippen molar-refractivity contribution in [2.75, 3.05) is 7.11 Å². The Hall–Kier alpha value is -1.87. The first kappa shape index (κ1) is 12.6. The molecule has 0 aliphatic rings. The van der Waals surface area contributed by atoms with Gasteiger partial charge in [0, 0.05) is 18.7 Å². The van der Waals surface area contributed by atoms with Gasteiger partial charge in [0.2, 0.25) is 5.88 Å². The third kappa shape index (κ3) is 3.31. The quantitative estimate of drug-likeness (QED) is 0.875. The summed E-state index contributed by atoms with van der Waals surface area (Å²) in [6.45, 7) is 2.88.